The van der Waals surface area contributed by atoms with E-state index < -0.39 is 5.97 Å². The predicted molar refractivity (Wildman–Crippen MR) is 66.9 cm³/mol. The van der Waals surface area contributed by atoms with Crippen molar-refractivity contribution in [2.45, 2.75) is 16.7 Å². The lowest BCUT2D eigenvalue weighted by molar-refractivity contribution is -0.138. The van der Waals surface area contributed by atoms with E-state index in [9.17, 15) is 4.79 Å². The van der Waals surface area contributed by atoms with Gasteiger partial charge in [0.25, 0.3) is 0 Å². The highest BCUT2D eigenvalue weighted by Gasteiger charge is 2.12. The van der Waals surface area contributed by atoms with Crippen LogP contribution in [0.15, 0.2) is 34.7 Å². The molecule has 0 amide bonds. The number of carboxylic acid groups (broad SMARTS) is 1. The largest absolute Gasteiger partial charge is 0.480 e. The number of hydrogen-bond acceptors (Lipinski definition) is 8. The van der Waals surface area contributed by atoms with Crippen LogP contribution in [0, 0.1) is 0 Å². The highest BCUT2D eigenvalue weighted by Crippen LogP contribution is 2.24. The van der Waals surface area contributed by atoms with Crippen molar-refractivity contribution in [3.8, 4) is 0 Å². The molecule has 0 saturated carbocycles. The first-order chi connectivity index (χ1) is 9.72. The lowest BCUT2D eigenvalue weighted by Crippen LogP contribution is -2.11. The molecule has 0 aliphatic carbocycles. The smallest absolute Gasteiger partial charge is 0.325 e. The van der Waals surface area contributed by atoms with Crippen molar-refractivity contribution >= 4 is 28.9 Å². The quantitative estimate of drug-likeness (QED) is 0.720. The molecule has 1 N–H and O–H groups in total. The summed E-state index contributed by atoms with van der Waals surface area (Å²) in [4.78, 5) is 23.2. The molecular weight excluding hydrogens is 282 g/mol. The van der Waals surface area contributed by atoms with Gasteiger partial charge in [0, 0.05) is 12.4 Å². The van der Waals surface area contributed by atoms with Crippen LogP contribution in [0.5, 0.6) is 0 Å². The Balaban J connectivity index is 1.89. The number of pyridine rings is 1. The van der Waals surface area contributed by atoms with E-state index in [-0.39, 0.29) is 6.54 Å². The summed E-state index contributed by atoms with van der Waals surface area (Å²) in [6.07, 6.45) is 3.14. The normalized spacial score (nSPS) is 10.8. The fourth-order valence-electron chi connectivity index (χ4n) is 1.48. The van der Waals surface area contributed by atoms with Crippen molar-refractivity contribution in [2.24, 2.45) is 0 Å². The van der Waals surface area contributed by atoms with Crippen molar-refractivity contribution in [3.05, 3.63) is 24.5 Å². The van der Waals surface area contributed by atoms with Crippen LogP contribution < -0.4 is 0 Å². The zero-order chi connectivity index (χ0) is 13.9. The van der Waals surface area contributed by atoms with E-state index in [1.807, 2.05) is 0 Å². The molecule has 0 atom stereocenters. The minimum Gasteiger partial charge on any atom is -0.480 e. The Hall–Kier alpha value is -2.62. The van der Waals surface area contributed by atoms with E-state index in [2.05, 4.69) is 30.5 Å². The van der Waals surface area contributed by atoms with E-state index in [4.69, 9.17) is 5.11 Å². The Morgan fingerprint density at radius 2 is 2.15 bits per heavy atom. The molecule has 10 heteroatoms. The van der Waals surface area contributed by atoms with Gasteiger partial charge in [0.15, 0.2) is 5.65 Å². The van der Waals surface area contributed by atoms with Gasteiger partial charge in [-0.25, -0.2) is 14.6 Å². The molecule has 0 aliphatic heterocycles. The summed E-state index contributed by atoms with van der Waals surface area (Å²) in [6, 6.07) is 3.53. The topological polar surface area (TPSA) is 120 Å². The van der Waals surface area contributed by atoms with Gasteiger partial charge in [-0.3, -0.25) is 9.78 Å². The Morgan fingerprint density at radius 3 is 3.00 bits per heavy atom. The van der Waals surface area contributed by atoms with Crippen molar-refractivity contribution in [1.82, 2.24) is 35.2 Å². The zero-order valence-electron chi connectivity index (χ0n) is 9.91. The molecule has 0 radical (unpaired) electrons. The average Bonchev–Trinajstić information content (AvgIpc) is 2.85. The second kappa shape index (κ2) is 5.17. The summed E-state index contributed by atoms with van der Waals surface area (Å²) in [5, 5.41) is 20.6. The standard InChI is InChI=1S/C10H7N7O2S/c18-8(19)5-17-10(14-15-16-17)20-7-2-1-6-9(13-7)12-4-3-11-6/h1-4H,5H2,(H,18,19). The molecule has 9 nitrogen and oxygen atoms in total. The lowest BCUT2D eigenvalue weighted by Gasteiger charge is -2.01. The summed E-state index contributed by atoms with van der Waals surface area (Å²) >= 11 is 1.16. The maximum absolute atomic E-state index is 10.7. The van der Waals surface area contributed by atoms with Gasteiger partial charge in [0.05, 0.1) is 0 Å². The molecule has 0 unspecified atom stereocenters. The summed E-state index contributed by atoms with van der Waals surface area (Å²) in [5.41, 5.74) is 1.19. The highest BCUT2D eigenvalue weighted by molar-refractivity contribution is 7.99. The second-order valence-electron chi connectivity index (χ2n) is 3.66. The monoisotopic (exact) mass is 289 g/mol. The van der Waals surface area contributed by atoms with Gasteiger partial charge in [-0.15, -0.1) is 5.10 Å². The fraction of sp³-hybridized carbons (Fsp3) is 0.100. The number of nitrogens with zero attached hydrogens (tertiary/aromatic N) is 7. The van der Waals surface area contributed by atoms with Gasteiger partial charge >= 0.3 is 5.97 Å². The van der Waals surface area contributed by atoms with Gasteiger partial charge in [0.1, 0.15) is 17.1 Å². The van der Waals surface area contributed by atoms with E-state index in [0.29, 0.717) is 21.3 Å². The van der Waals surface area contributed by atoms with Crippen molar-refractivity contribution in [1.29, 1.82) is 0 Å². The van der Waals surface area contributed by atoms with Gasteiger partial charge in [-0.05, 0) is 34.3 Å². The third kappa shape index (κ3) is 2.54. The Morgan fingerprint density at radius 1 is 1.30 bits per heavy atom. The van der Waals surface area contributed by atoms with Crippen molar-refractivity contribution < 1.29 is 9.90 Å². The molecule has 0 bridgehead atoms. The molecule has 3 rings (SSSR count). The molecule has 3 heterocycles. The Labute approximate surface area is 116 Å². The van der Waals surface area contributed by atoms with Crippen LogP contribution in [0.2, 0.25) is 0 Å². The maximum Gasteiger partial charge on any atom is 0.325 e. The number of tetrazole rings is 1. The first-order valence-electron chi connectivity index (χ1n) is 5.46. The highest BCUT2D eigenvalue weighted by atomic mass is 32.2. The predicted octanol–water partition coefficient (Wildman–Crippen LogP) is 0.247. The van der Waals surface area contributed by atoms with E-state index in [0.717, 1.165) is 11.8 Å². The van der Waals surface area contributed by atoms with E-state index >= 15 is 0 Å². The van der Waals surface area contributed by atoms with E-state index in [1.165, 1.54) is 4.68 Å². The van der Waals surface area contributed by atoms with Crippen LogP contribution >= 0.6 is 11.8 Å². The molecule has 0 fully saturated rings. The number of carboxylic acids is 1. The molecular formula is C10H7N7O2S. The number of rotatable bonds is 4. The molecule has 3 aromatic rings. The summed E-state index contributed by atoms with van der Waals surface area (Å²) in [5.74, 6) is -1.02. The Bertz CT molecular complexity index is 775. The molecule has 0 spiro atoms. The number of hydrogen-bond donors (Lipinski definition) is 1. The third-order valence-corrected chi connectivity index (χ3v) is 3.20. The number of aromatic nitrogens is 7. The van der Waals surface area contributed by atoms with Gasteiger partial charge in [-0.2, -0.15) is 0 Å². The first-order valence-corrected chi connectivity index (χ1v) is 6.27. The van der Waals surface area contributed by atoms with Crippen molar-refractivity contribution in [2.75, 3.05) is 0 Å². The molecule has 3 aromatic heterocycles. The number of aliphatic carboxylic acids is 1. The first kappa shape index (κ1) is 12.4. The van der Waals surface area contributed by atoms with Crippen LogP contribution in [0.1, 0.15) is 0 Å². The second-order valence-corrected chi connectivity index (χ2v) is 4.65. The summed E-state index contributed by atoms with van der Waals surface area (Å²) < 4.78 is 1.19. The average molecular weight is 289 g/mol. The van der Waals surface area contributed by atoms with Gasteiger partial charge in [0.2, 0.25) is 5.16 Å². The third-order valence-electron chi connectivity index (χ3n) is 2.29. The van der Waals surface area contributed by atoms with Crippen molar-refractivity contribution in [3.63, 3.8) is 0 Å². The van der Waals surface area contributed by atoms with Crippen LogP contribution in [0.4, 0.5) is 0 Å². The molecule has 0 aliphatic rings. The maximum atomic E-state index is 10.7. The Kier molecular flexibility index (Phi) is 3.21. The molecule has 100 valence electrons. The summed E-state index contributed by atoms with van der Waals surface area (Å²) in [6.45, 7) is -0.303. The van der Waals surface area contributed by atoms with Crippen LogP contribution in [-0.2, 0) is 11.3 Å². The van der Waals surface area contributed by atoms with E-state index in [1.54, 1.807) is 24.5 Å². The molecule has 0 saturated heterocycles. The minimum atomic E-state index is -1.02. The van der Waals surface area contributed by atoms with Crippen LogP contribution in [0.3, 0.4) is 0 Å². The molecule has 0 aromatic carbocycles. The molecule has 20 heavy (non-hydrogen) atoms. The number of carbonyl (C=O) groups is 1. The van der Waals surface area contributed by atoms with Crippen LogP contribution in [-0.4, -0.2) is 46.2 Å². The lowest BCUT2D eigenvalue weighted by atomic mass is 10.4. The fourth-order valence-corrected chi connectivity index (χ4v) is 2.22. The van der Waals surface area contributed by atoms with Gasteiger partial charge < -0.3 is 5.11 Å². The SMILES string of the molecule is O=C(O)Cn1nnnc1Sc1ccc2nccnc2n1. The van der Waals surface area contributed by atoms with Gasteiger partial charge in [-0.1, -0.05) is 0 Å². The number of fused-ring (bicyclic) bond motifs is 1. The minimum absolute atomic E-state index is 0.303. The summed E-state index contributed by atoms with van der Waals surface area (Å²) in [7, 11) is 0. The van der Waals surface area contributed by atoms with Crippen LogP contribution in [0.25, 0.3) is 11.2 Å². The zero-order valence-corrected chi connectivity index (χ0v) is 10.7.